The number of rotatable bonds is 15. The highest BCUT2D eigenvalue weighted by Crippen LogP contribution is 2.40. The van der Waals surface area contributed by atoms with Crippen molar-refractivity contribution in [2.75, 3.05) is 26.4 Å². The second-order valence-electron chi connectivity index (χ2n) is 13.3. The molecule has 4 rings (SSSR count). The lowest BCUT2D eigenvalue weighted by atomic mass is 9.87. The molecule has 54 heavy (non-hydrogen) atoms. The summed E-state index contributed by atoms with van der Waals surface area (Å²) in [7, 11) is 0. The standard InChI is InChI=1S/C29H49NO24/c1-7(35)30-13-10(49-26-19(43)17(41)21(51-26)9(37)4-32)2-29(28(46)47,53-23(13)14(38)8(36)3-31)54-24-15(39)11(5-33)50-27(20(24)44)52-22-12(6-34)48-25(45)18(42)16(22)40/h8-27,31-34,36-45H,2-6H2,1H3,(H,30,35)(H,46,47)/t8-,9-,10+,11-,12-,13-,14-,15+,16-,17-,18-,19-,20-,21+,22-,23-,24+,25?,26-,27+,29+/m1/s1. The summed E-state index contributed by atoms with van der Waals surface area (Å²) < 4.78 is 38.6. The molecule has 0 spiro atoms. The first-order chi connectivity index (χ1) is 25.4. The molecule has 4 aliphatic heterocycles. The largest absolute Gasteiger partial charge is 0.477 e. The van der Waals surface area contributed by atoms with Crippen LogP contribution in [0, 0.1) is 0 Å². The zero-order valence-electron chi connectivity index (χ0n) is 28.5. The number of aliphatic carboxylic acids is 1. The molecular weight excluding hydrogens is 746 g/mol. The van der Waals surface area contributed by atoms with Gasteiger partial charge in [-0.3, -0.25) is 4.79 Å². The zero-order valence-corrected chi connectivity index (χ0v) is 28.5. The van der Waals surface area contributed by atoms with Gasteiger partial charge in [0.2, 0.25) is 5.91 Å². The molecule has 16 N–H and O–H groups in total. The fourth-order valence-electron chi connectivity index (χ4n) is 6.65. The Bertz CT molecular complexity index is 1230. The van der Waals surface area contributed by atoms with E-state index in [1.165, 1.54) is 0 Å². The summed E-state index contributed by atoms with van der Waals surface area (Å²) in [5.41, 5.74) is 0. The van der Waals surface area contributed by atoms with Crippen LogP contribution in [0.5, 0.6) is 0 Å². The smallest absolute Gasteiger partial charge is 0.364 e. The van der Waals surface area contributed by atoms with E-state index in [4.69, 9.17) is 33.2 Å². The lowest BCUT2D eigenvalue weighted by Gasteiger charge is -2.51. The minimum atomic E-state index is -3.22. The van der Waals surface area contributed by atoms with Gasteiger partial charge >= 0.3 is 5.97 Å². The minimum Gasteiger partial charge on any atom is -0.477 e. The summed E-state index contributed by atoms with van der Waals surface area (Å²) in [5.74, 6) is -6.15. The van der Waals surface area contributed by atoms with Crippen LogP contribution in [0.4, 0.5) is 0 Å². The lowest BCUT2D eigenvalue weighted by molar-refractivity contribution is -0.388. The Hall–Kier alpha value is -1.90. The third-order valence-electron chi connectivity index (χ3n) is 9.58. The highest BCUT2D eigenvalue weighted by Gasteiger charge is 2.61. The van der Waals surface area contributed by atoms with Crippen molar-refractivity contribution in [3.8, 4) is 0 Å². The molecule has 0 aromatic carbocycles. The summed E-state index contributed by atoms with van der Waals surface area (Å²) in [4.78, 5) is 25.5. The van der Waals surface area contributed by atoms with Crippen LogP contribution < -0.4 is 5.32 Å². The van der Waals surface area contributed by atoms with E-state index in [0.29, 0.717) is 0 Å². The van der Waals surface area contributed by atoms with Crippen molar-refractivity contribution in [1.29, 1.82) is 0 Å². The number of ether oxygens (including phenoxy) is 7. The molecule has 314 valence electrons. The molecule has 25 heteroatoms. The molecule has 0 saturated carbocycles. The molecule has 0 aromatic heterocycles. The Kier molecular flexibility index (Phi) is 15.4. The molecule has 0 aromatic rings. The molecule has 4 fully saturated rings. The van der Waals surface area contributed by atoms with Crippen LogP contribution in [0.1, 0.15) is 13.3 Å². The average Bonchev–Trinajstić information content (AvgIpc) is 3.42. The van der Waals surface area contributed by atoms with E-state index in [1.807, 2.05) is 0 Å². The topological polar surface area (TPSA) is 414 Å². The van der Waals surface area contributed by atoms with Crippen molar-refractivity contribution >= 4 is 11.9 Å². The maximum absolute atomic E-state index is 13.1. The predicted molar refractivity (Wildman–Crippen MR) is 163 cm³/mol. The van der Waals surface area contributed by atoms with E-state index in [0.717, 1.165) is 6.92 Å². The van der Waals surface area contributed by atoms with E-state index >= 15 is 0 Å². The third kappa shape index (κ3) is 9.12. The number of aliphatic hydroxyl groups is 14. The third-order valence-corrected chi connectivity index (χ3v) is 9.58. The monoisotopic (exact) mass is 795 g/mol. The maximum Gasteiger partial charge on any atom is 0.364 e. The van der Waals surface area contributed by atoms with Gasteiger partial charge in [-0.1, -0.05) is 0 Å². The number of hydrogen-bond acceptors (Lipinski definition) is 23. The summed E-state index contributed by atoms with van der Waals surface area (Å²) in [5, 5.41) is 157. The molecule has 4 aliphatic rings. The molecule has 25 nitrogen and oxygen atoms in total. The van der Waals surface area contributed by atoms with Crippen LogP contribution >= 0.6 is 0 Å². The van der Waals surface area contributed by atoms with Gasteiger partial charge in [-0.05, 0) is 0 Å². The SMILES string of the molecule is CC(=O)N[C@H]1[C@H]([C@H](O)[C@H](O)CO)O[C@@](O[C@H]2[C@@H](O)[C@@H](CO)O[C@@H](O[C@H]3[C@H](O)[C@@H](O)C(O)O[C@@H]3CO)[C@@H]2O)(C(=O)O)C[C@@H]1O[C@@H]1O[C@@H]([C@H](O)CO)[C@H](O)[C@H]1O. The van der Waals surface area contributed by atoms with Gasteiger partial charge in [0.1, 0.15) is 91.6 Å². The second-order valence-corrected chi connectivity index (χ2v) is 13.3. The van der Waals surface area contributed by atoms with Gasteiger partial charge in [-0.25, -0.2) is 4.79 Å². The molecule has 0 bridgehead atoms. The van der Waals surface area contributed by atoms with E-state index < -0.39 is 173 Å². The summed E-state index contributed by atoms with van der Waals surface area (Å²) in [6.07, 6.45) is -38.6. The van der Waals surface area contributed by atoms with Gasteiger partial charge in [-0.15, -0.1) is 0 Å². The minimum absolute atomic E-state index is 0.855. The number of nitrogens with one attached hydrogen (secondary N) is 1. The van der Waals surface area contributed by atoms with Gasteiger partial charge in [0.25, 0.3) is 5.79 Å². The molecule has 4 heterocycles. The van der Waals surface area contributed by atoms with Crippen LogP contribution in [0.25, 0.3) is 0 Å². The summed E-state index contributed by atoms with van der Waals surface area (Å²) >= 11 is 0. The predicted octanol–water partition coefficient (Wildman–Crippen LogP) is -10.4. The number of carbonyl (C=O) groups is 2. The van der Waals surface area contributed by atoms with Crippen molar-refractivity contribution in [2.24, 2.45) is 0 Å². The fourth-order valence-corrected chi connectivity index (χ4v) is 6.65. The Morgan fingerprint density at radius 2 is 1.37 bits per heavy atom. The van der Waals surface area contributed by atoms with Gasteiger partial charge in [-0.2, -0.15) is 0 Å². The normalized spacial score (nSPS) is 46.1. The Labute approximate surface area is 305 Å². The zero-order chi connectivity index (χ0) is 40.4. The first-order valence-corrected chi connectivity index (χ1v) is 16.7. The van der Waals surface area contributed by atoms with E-state index in [9.17, 15) is 86.2 Å². The molecule has 4 saturated heterocycles. The van der Waals surface area contributed by atoms with Crippen molar-refractivity contribution in [3.63, 3.8) is 0 Å². The summed E-state index contributed by atoms with van der Waals surface area (Å²) in [6, 6.07) is -1.71. The van der Waals surface area contributed by atoms with Crippen LogP contribution in [0.15, 0.2) is 0 Å². The van der Waals surface area contributed by atoms with E-state index in [1.54, 1.807) is 0 Å². The number of hydrogen-bond donors (Lipinski definition) is 16. The van der Waals surface area contributed by atoms with Crippen LogP contribution in [-0.2, 0) is 42.7 Å². The Balaban J connectivity index is 1.73. The van der Waals surface area contributed by atoms with Crippen LogP contribution in [0.3, 0.4) is 0 Å². The molecule has 21 atom stereocenters. The highest BCUT2D eigenvalue weighted by atomic mass is 16.8. The van der Waals surface area contributed by atoms with Crippen molar-refractivity contribution < 1.29 is 119 Å². The van der Waals surface area contributed by atoms with Crippen LogP contribution in [-0.4, -0.2) is 243 Å². The first-order valence-electron chi connectivity index (χ1n) is 16.7. The van der Waals surface area contributed by atoms with Crippen molar-refractivity contribution in [3.05, 3.63) is 0 Å². The summed E-state index contributed by atoms with van der Waals surface area (Å²) in [6.45, 7) is -3.09. The van der Waals surface area contributed by atoms with Crippen molar-refractivity contribution in [1.82, 2.24) is 5.32 Å². The van der Waals surface area contributed by atoms with Gasteiger partial charge in [0.15, 0.2) is 18.9 Å². The van der Waals surface area contributed by atoms with E-state index in [-0.39, 0.29) is 0 Å². The molecule has 1 amide bonds. The van der Waals surface area contributed by atoms with Gasteiger partial charge < -0.3 is 115 Å². The molecule has 0 radical (unpaired) electrons. The number of aliphatic hydroxyl groups excluding tert-OH is 14. The Morgan fingerprint density at radius 1 is 0.741 bits per heavy atom. The number of amides is 1. The number of carboxylic acids is 1. The maximum atomic E-state index is 13.1. The lowest BCUT2D eigenvalue weighted by Crippen LogP contribution is -2.71. The van der Waals surface area contributed by atoms with Gasteiger partial charge in [0, 0.05) is 13.3 Å². The second kappa shape index (κ2) is 18.6. The fraction of sp³-hybridized carbons (Fsp3) is 0.931. The van der Waals surface area contributed by atoms with Crippen LogP contribution in [0.2, 0.25) is 0 Å². The quantitative estimate of drug-likeness (QED) is 0.0731. The first kappa shape index (κ1) is 44.8. The van der Waals surface area contributed by atoms with Crippen molar-refractivity contribution in [2.45, 2.75) is 142 Å². The Morgan fingerprint density at radius 3 is 1.93 bits per heavy atom. The molecule has 0 aliphatic carbocycles. The molecule has 1 unspecified atom stereocenters. The highest BCUT2D eigenvalue weighted by molar-refractivity contribution is 5.76. The average molecular weight is 796 g/mol. The molecular formula is C29H49NO24. The number of carbonyl (C=O) groups excluding carboxylic acids is 1. The van der Waals surface area contributed by atoms with E-state index in [2.05, 4.69) is 5.32 Å². The number of carboxylic acid groups (broad SMARTS) is 1. The van der Waals surface area contributed by atoms with Gasteiger partial charge in [0.05, 0.1) is 38.6 Å².